The molecule has 0 amide bonds. The van der Waals surface area contributed by atoms with Crippen LogP contribution in [0, 0.1) is 0 Å². The van der Waals surface area contributed by atoms with Gasteiger partial charge in [0.2, 0.25) is 0 Å². The Hall–Kier alpha value is -2.28. The number of nitrogens with zero attached hydrogens (tertiary/aromatic N) is 2. The van der Waals surface area contributed by atoms with E-state index < -0.39 is 0 Å². The van der Waals surface area contributed by atoms with Crippen molar-refractivity contribution in [3.05, 3.63) is 54.6 Å². The van der Waals surface area contributed by atoms with E-state index in [2.05, 4.69) is 15.0 Å². The fourth-order valence-corrected chi connectivity index (χ4v) is 2.34. The van der Waals surface area contributed by atoms with Crippen LogP contribution in [0.3, 0.4) is 0 Å². The number of pyridine rings is 1. The maximum absolute atomic E-state index is 9.89. The summed E-state index contributed by atoms with van der Waals surface area (Å²) in [6.45, 7) is 0. The molecular formula is C16H12LiN3O. The van der Waals surface area contributed by atoms with E-state index in [4.69, 9.17) is 0 Å². The first-order valence-corrected chi connectivity index (χ1v) is 6.35. The summed E-state index contributed by atoms with van der Waals surface area (Å²) in [7, 11) is 0. The Balaban J connectivity index is 0.000000882. The number of H-pyrrole nitrogens is 1. The van der Waals surface area contributed by atoms with Crippen LogP contribution in [0.1, 0.15) is 1.43 Å². The van der Waals surface area contributed by atoms with E-state index in [-0.39, 0.29) is 26.0 Å². The number of benzene rings is 2. The molecule has 0 aliphatic rings. The Morgan fingerprint density at radius 3 is 2.62 bits per heavy atom. The van der Waals surface area contributed by atoms with Crippen molar-refractivity contribution >= 4 is 21.9 Å². The van der Waals surface area contributed by atoms with E-state index in [0.717, 1.165) is 22.1 Å². The molecule has 2 aromatic carbocycles. The van der Waals surface area contributed by atoms with Crippen molar-refractivity contribution < 1.29 is 25.4 Å². The Morgan fingerprint density at radius 2 is 1.76 bits per heavy atom. The van der Waals surface area contributed by atoms with E-state index in [9.17, 15) is 5.11 Å². The molecule has 2 aromatic heterocycles. The van der Waals surface area contributed by atoms with Crippen LogP contribution < -0.4 is 18.9 Å². The van der Waals surface area contributed by atoms with Gasteiger partial charge in [0.15, 0.2) is 5.82 Å². The Labute approximate surface area is 134 Å². The minimum Gasteiger partial charge on any atom is -1.00 e. The summed E-state index contributed by atoms with van der Waals surface area (Å²) in [4.78, 5) is 12.3. The zero-order chi connectivity index (χ0) is 13.5. The molecule has 0 unspecified atom stereocenters. The Bertz CT molecular complexity index is 906. The van der Waals surface area contributed by atoms with Gasteiger partial charge in [-0.05, 0) is 24.3 Å². The molecule has 4 aromatic rings. The quantitative estimate of drug-likeness (QED) is 0.497. The minimum atomic E-state index is 0. The zero-order valence-corrected chi connectivity index (χ0v) is 11.5. The van der Waals surface area contributed by atoms with Crippen molar-refractivity contribution in [1.82, 2.24) is 15.0 Å². The maximum atomic E-state index is 9.89. The number of fused-ring (bicyclic) bond motifs is 2. The second-order valence-electron chi connectivity index (χ2n) is 4.65. The molecule has 4 nitrogen and oxygen atoms in total. The summed E-state index contributed by atoms with van der Waals surface area (Å²) in [5, 5.41) is 10.8. The molecular weight excluding hydrogens is 257 g/mol. The fraction of sp³-hybridized carbons (Fsp3) is 0. The first-order chi connectivity index (χ1) is 9.81. The number of para-hydroxylation sites is 3. The number of aromatic nitrogens is 3. The van der Waals surface area contributed by atoms with Gasteiger partial charge in [0, 0.05) is 5.39 Å². The molecule has 4 rings (SSSR count). The van der Waals surface area contributed by atoms with Crippen LogP contribution >= 0.6 is 0 Å². The predicted molar refractivity (Wildman–Crippen MR) is 79.6 cm³/mol. The molecule has 0 saturated carbocycles. The molecule has 21 heavy (non-hydrogen) atoms. The number of hydrogen-bond donors (Lipinski definition) is 2. The van der Waals surface area contributed by atoms with Gasteiger partial charge < -0.3 is 11.5 Å². The number of nitrogens with one attached hydrogen (secondary N) is 1. The molecule has 0 bridgehead atoms. The van der Waals surface area contributed by atoms with Gasteiger partial charge in [-0.1, -0.05) is 30.3 Å². The summed E-state index contributed by atoms with van der Waals surface area (Å²) in [6, 6.07) is 17.0. The van der Waals surface area contributed by atoms with Crippen LogP contribution in [0.25, 0.3) is 33.5 Å². The molecule has 0 aliphatic carbocycles. The van der Waals surface area contributed by atoms with E-state index in [1.807, 2.05) is 42.5 Å². The van der Waals surface area contributed by atoms with Gasteiger partial charge in [0.1, 0.15) is 17.0 Å². The average molecular weight is 269 g/mol. The first kappa shape index (κ1) is 13.7. The van der Waals surface area contributed by atoms with Crippen LogP contribution in [0.5, 0.6) is 5.75 Å². The minimum absolute atomic E-state index is 0. The molecule has 2 heterocycles. The van der Waals surface area contributed by atoms with E-state index in [0.29, 0.717) is 11.3 Å². The normalized spacial score (nSPS) is 10.7. The summed E-state index contributed by atoms with van der Waals surface area (Å²) in [6.07, 6.45) is 0. The third kappa shape index (κ3) is 2.29. The number of aromatic hydroxyl groups is 1. The van der Waals surface area contributed by atoms with Gasteiger partial charge in [0.05, 0.1) is 11.0 Å². The number of imidazole rings is 1. The van der Waals surface area contributed by atoms with Crippen LogP contribution in [-0.2, 0) is 0 Å². The Kier molecular flexibility index (Phi) is 3.42. The third-order valence-corrected chi connectivity index (χ3v) is 3.33. The van der Waals surface area contributed by atoms with Crippen molar-refractivity contribution in [3.8, 4) is 17.3 Å². The van der Waals surface area contributed by atoms with Gasteiger partial charge in [-0.2, -0.15) is 0 Å². The van der Waals surface area contributed by atoms with Gasteiger partial charge >= 0.3 is 18.9 Å². The van der Waals surface area contributed by atoms with Gasteiger partial charge in [-0.3, -0.25) is 0 Å². The number of hydrogen-bond acceptors (Lipinski definition) is 3. The van der Waals surface area contributed by atoms with Crippen LogP contribution in [0.15, 0.2) is 54.6 Å². The summed E-state index contributed by atoms with van der Waals surface area (Å²) in [5.74, 6) is 0.886. The molecule has 0 radical (unpaired) electrons. The molecule has 0 spiro atoms. The van der Waals surface area contributed by atoms with Gasteiger partial charge in [-0.15, -0.1) is 0 Å². The topological polar surface area (TPSA) is 61.8 Å². The maximum Gasteiger partial charge on any atom is 1.00 e. The first-order valence-electron chi connectivity index (χ1n) is 6.35. The van der Waals surface area contributed by atoms with Crippen molar-refractivity contribution in [2.45, 2.75) is 0 Å². The smallest absolute Gasteiger partial charge is 1.00 e. The molecule has 0 saturated heterocycles. The molecule has 98 valence electrons. The molecule has 0 fully saturated rings. The second kappa shape index (κ2) is 5.25. The summed E-state index contributed by atoms with van der Waals surface area (Å²) in [5.41, 5.74) is 3.18. The molecule has 0 atom stereocenters. The summed E-state index contributed by atoms with van der Waals surface area (Å²) >= 11 is 0. The largest absolute Gasteiger partial charge is 1.00 e. The number of aromatic amines is 1. The SMILES string of the molecule is Oc1cccc2ccc(-c3nc4ccccc4[nH]3)nc12.[H-].[Li+]. The number of phenols is 1. The molecule has 5 heteroatoms. The van der Waals surface area contributed by atoms with Gasteiger partial charge in [-0.25, -0.2) is 9.97 Å². The zero-order valence-electron chi connectivity index (χ0n) is 12.5. The monoisotopic (exact) mass is 269 g/mol. The van der Waals surface area contributed by atoms with Crippen molar-refractivity contribution in [2.24, 2.45) is 0 Å². The standard InChI is InChI=1S/C16H11N3O.Li.H/c20-14-7-3-4-10-8-9-13(17-15(10)14)16-18-11-5-1-2-6-12(11)19-16;;/h1-9,20H,(H,18,19);;/q;+1;-1. The number of phenolic OH excluding ortho intramolecular Hbond substituents is 1. The second-order valence-corrected chi connectivity index (χ2v) is 4.65. The number of rotatable bonds is 1. The van der Waals surface area contributed by atoms with Crippen LogP contribution in [-0.4, -0.2) is 20.1 Å². The van der Waals surface area contributed by atoms with E-state index >= 15 is 0 Å². The van der Waals surface area contributed by atoms with Crippen LogP contribution in [0.4, 0.5) is 0 Å². The van der Waals surface area contributed by atoms with E-state index in [1.165, 1.54) is 0 Å². The van der Waals surface area contributed by atoms with Crippen molar-refractivity contribution in [1.29, 1.82) is 0 Å². The van der Waals surface area contributed by atoms with Crippen molar-refractivity contribution in [3.63, 3.8) is 0 Å². The molecule has 0 aliphatic heterocycles. The summed E-state index contributed by atoms with van der Waals surface area (Å²) < 4.78 is 0. The molecule has 2 N–H and O–H groups in total. The predicted octanol–water partition coefficient (Wildman–Crippen LogP) is 0.600. The van der Waals surface area contributed by atoms with Crippen LogP contribution in [0.2, 0.25) is 0 Å². The van der Waals surface area contributed by atoms with E-state index in [1.54, 1.807) is 12.1 Å². The Morgan fingerprint density at radius 1 is 0.905 bits per heavy atom. The average Bonchev–Trinajstić information content (AvgIpc) is 2.91. The van der Waals surface area contributed by atoms with Gasteiger partial charge in [0.25, 0.3) is 0 Å². The third-order valence-electron chi connectivity index (χ3n) is 3.33. The fourth-order valence-electron chi connectivity index (χ4n) is 2.34. The van der Waals surface area contributed by atoms with Crippen molar-refractivity contribution in [2.75, 3.05) is 0 Å².